The number of carbonyl (C=O) groups excluding carboxylic acids is 2. The van der Waals surface area contributed by atoms with Gasteiger partial charge in [0.05, 0.1) is 19.9 Å². The van der Waals surface area contributed by atoms with Crippen molar-refractivity contribution < 1.29 is 19.1 Å². The van der Waals surface area contributed by atoms with Crippen LogP contribution in [0.2, 0.25) is 0 Å². The lowest BCUT2D eigenvalue weighted by Gasteiger charge is -2.23. The van der Waals surface area contributed by atoms with E-state index in [2.05, 4.69) is 5.32 Å². The molecule has 2 rings (SSSR count). The molecule has 0 unspecified atom stereocenters. The van der Waals surface area contributed by atoms with Crippen molar-refractivity contribution in [1.29, 1.82) is 0 Å². The normalized spacial score (nSPS) is 10.3. The highest BCUT2D eigenvalue weighted by Crippen LogP contribution is 2.29. The Morgan fingerprint density at radius 2 is 1.75 bits per heavy atom. The molecule has 2 aromatic carbocycles. The largest absolute Gasteiger partial charge is 0.496 e. The van der Waals surface area contributed by atoms with Crippen LogP contribution in [0.15, 0.2) is 42.5 Å². The molecule has 0 atom stereocenters. The van der Waals surface area contributed by atoms with Gasteiger partial charge in [-0.2, -0.15) is 0 Å². The summed E-state index contributed by atoms with van der Waals surface area (Å²) in [6.07, 6.45) is 0.889. The molecule has 0 saturated heterocycles. The van der Waals surface area contributed by atoms with E-state index in [-0.39, 0.29) is 24.8 Å². The Bertz CT molecular complexity index is 820. The fourth-order valence-electron chi connectivity index (χ4n) is 3.01. The number of nitrogens with one attached hydrogen (secondary N) is 1. The van der Waals surface area contributed by atoms with Gasteiger partial charge < -0.3 is 19.7 Å². The first-order valence-electron chi connectivity index (χ1n) is 9.27. The number of para-hydroxylation sites is 1. The molecule has 0 aliphatic rings. The van der Waals surface area contributed by atoms with Gasteiger partial charge in [-0.1, -0.05) is 24.3 Å². The van der Waals surface area contributed by atoms with Crippen molar-refractivity contribution >= 4 is 17.5 Å². The van der Waals surface area contributed by atoms with Crippen LogP contribution in [-0.4, -0.2) is 39.1 Å². The third kappa shape index (κ3) is 5.74. The van der Waals surface area contributed by atoms with Crippen molar-refractivity contribution in [1.82, 2.24) is 5.32 Å². The third-order valence-electron chi connectivity index (χ3n) is 4.48. The summed E-state index contributed by atoms with van der Waals surface area (Å²) in [4.78, 5) is 26.0. The molecule has 2 aromatic rings. The lowest BCUT2D eigenvalue weighted by atomic mass is 10.1. The van der Waals surface area contributed by atoms with Gasteiger partial charge in [-0.15, -0.1) is 0 Å². The predicted molar refractivity (Wildman–Crippen MR) is 110 cm³/mol. The number of hydrogen-bond donors (Lipinski definition) is 1. The van der Waals surface area contributed by atoms with Gasteiger partial charge in [0.25, 0.3) is 0 Å². The molecule has 0 saturated carbocycles. The highest BCUT2D eigenvalue weighted by Gasteiger charge is 2.17. The summed E-state index contributed by atoms with van der Waals surface area (Å²) >= 11 is 0. The maximum atomic E-state index is 12.3. The summed E-state index contributed by atoms with van der Waals surface area (Å²) in [7, 11) is 3.20. The highest BCUT2D eigenvalue weighted by molar-refractivity contribution is 5.94. The zero-order valence-corrected chi connectivity index (χ0v) is 17.0. The Labute approximate surface area is 166 Å². The number of methoxy groups -OCH3 is 2. The van der Waals surface area contributed by atoms with Crippen LogP contribution in [0.4, 0.5) is 5.69 Å². The number of rotatable bonds is 9. The van der Waals surface area contributed by atoms with E-state index in [9.17, 15) is 9.59 Å². The van der Waals surface area contributed by atoms with E-state index in [1.807, 2.05) is 49.4 Å². The van der Waals surface area contributed by atoms with Gasteiger partial charge in [0, 0.05) is 26.4 Å². The molecule has 0 fully saturated rings. The highest BCUT2D eigenvalue weighted by atomic mass is 16.5. The zero-order valence-electron chi connectivity index (χ0n) is 17.0. The molecule has 6 nitrogen and oxygen atoms in total. The Morgan fingerprint density at radius 1 is 1.04 bits per heavy atom. The molecule has 2 amide bonds. The first-order valence-corrected chi connectivity index (χ1v) is 9.27. The summed E-state index contributed by atoms with van der Waals surface area (Å²) in [6.45, 7) is 4.23. The minimum absolute atomic E-state index is 0.104. The third-order valence-corrected chi connectivity index (χ3v) is 4.48. The molecular weight excluding hydrogens is 356 g/mol. The average molecular weight is 384 g/mol. The second-order valence-electron chi connectivity index (χ2n) is 6.51. The van der Waals surface area contributed by atoms with E-state index >= 15 is 0 Å². The Hall–Kier alpha value is -3.02. The van der Waals surface area contributed by atoms with E-state index in [4.69, 9.17) is 9.47 Å². The standard InChI is InChI=1S/C22H28N2O4/c1-16-9-10-21(28-4)19(15-16)24(17(2)25)14-12-22(26)23-13-11-18-7-5-6-8-20(18)27-3/h5-10,15H,11-14H2,1-4H3,(H,23,26). The lowest BCUT2D eigenvalue weighted by molar-refractivity contribution is -0.121. The van der Waals surface area contributed by atoms with Crippen LogP contribution in [0.25, 0.3) is 0 Å². The first kappa shape index (κ1) is 21.3. The zero-order chi connectivity index (χ0) is 20.5. The van der Waals surface area contributed by atoms with Crippen LogP contribution in [0.3, 0.4) is 0 Å². The maximum absolute atomic E-state index is 12.3. The van der Waals surface area contributed by atoms with Crippen molar-refractivity contribution in [2.75, 3.05) is 32.2 Å². The second kappa shape index (κ2) is 10.3. The number of benzene rings is 2. The molecule has 0 heterocycles. The predicted octanol–water partition coefficient (Wildman–Crippen LogP) is 3.11. The summed E-state index contributed by atoms with van der Waals surface area (Å²) in [6, 6.07) is 13.4. The molecule has 1 N–H and O–H groups in total. The van der Waals surface area contributed by atoms with Gasteiger partial charge in [0.1, 0.15) is 11.5 Å². The van der Waals surface area contributed by atoms with Crippen LogP contribution in [0, 0.1) is 6.92 Å². The topological polar surface area (TPSA) is 67.9 Å². The number of nitrogens with zero attached hydrogens (tertiary/aromatic N) is 1. The molecule has 0 bridgehead atoms. The molecule has 0 spiro atoms. The number of ether oxygens (including phenoxy) is 2. The van der Waals surface area contributed by atoms with E-state index < -0.39 is 0 Å². The van der Waals surface area contributed by atoms with Gasteiger partial charge in [-0.25, -0.2) is 0 Å². The average Bonchev–Trinajstić information content (AvgIpc) is 2.68. The molecule has 0 aromatic heterocycles. The van der Waals surface area contributed by atoms with Gasteiger partial charge >= 0.3 is 0 Å². The van der Waals surface area contributed by atoms with Crippen LogP contribution in [-0.2, 0) is 16.0 Å². The van der Waals surface area contributed by atoms with Crippen LogP contribution in [0.5, 0.6) is 11.5 Å². The second-order valence-corrected chi connectivity index (χ2v) is 6.51. The van der Waals surface area contributed by atoms with E-state index in [1.165, 1.54) is 6.92 Å². The van der Waals surface area contributed by atoms with Crippen molar-refractivity contribution in [2.45, 2.75) is 26.7 Å². The minimum Gasteiger partial charge on any atom is -0.496 e. The number of hydrogen-bond acceptors (Lipinski definition) is 4. The summed E-state index contributed by atoms with van der Waals surface area (Å²) in [5.41, 5.74) is 2.74. The van der Waals surface area contributed by atoms with E-state index in [0.29, 0.717) is 24.4 Å². The summed E-state index contributed by atoms with van der Waals surface area (Å²) in [5.74, 6) is 1.18. The molecule has 28 heavy (non-hydrogen) atoms. The first-order chi connectivity index (χ1) is 13.5. The smallest absolute Gasteiger partial charge is 0.223 e. The van der Waals surface area contributed by atoms with Crippen LogP contribution < -0.4 is 19.7 Å². The van der Waals surface area contributed by atoms with Crippen molar-refractivity contribution in [2.24, 2.45) is 0 Å². The Kier molecular flexibility index (Phi) is 7.87. The molecule has 0 aliphatic heterocycles. The van der Waals surface area contributed by atoms with Crippen molar-refractivity contribution in [3.05, 3.63) is 53.6 Å². The molecule has 0 aliphatic carbocycles. The molecule has 6 heteroatoms. The molecule has 0 radical (unpaired) electrons. The van der Waals surface area contributed by atoms with E-state index in [1.54, 1.807) is 19.1 Å². The van der Waals surface area contributed by atoms with Gasteiger partial charge in [0.15, 0.2) is 0 Å². The SMILES string of the molecule is COc1ccccc1CCNC(=O)CCN(C(C)=O)c1cc(C)ccc1OC. The van der Waals surface area contributed by atoms with Crippen LogP contribution in [0.1, 0.15) is 24.5 Å². The fourth-order valence-corrected chi connectivity index (χ4v) is 3.01. The van der Waals surface area contributed by atoms with Gasteiger partial charge in [-0.05, 0) is 42.7 Å². The fraction of sp³-hybridized carbons (Fsp3) is 0.364. The van der Waals surface area contributed by atoms with Crippen molar-refractivity contribution in [3.63, 3.8) is 0 Å². The molecule has 150 valence electrons. The Balaban J connectivity index is 1.92. The molecular formula is C22H28N2O4. The monoisotopic (exact) mass is 384 g/mol. The minimum atomic E-state index is -0.134. The van der Waals surface area contributed by atoms with E-state index in [0.717, 1.165) is 16.9 Å². The Morgan fingerprint density at radius 3 is 2.43 bits per heavy atom. The number of aryl methyl sites for hydroxylation is 1. The van der Waals surface area contributed by atoms with Crippen molar-refractivity contribution in [3.8, 4) is 11.5 Å². The summed E-state index contributed by atoms with van der Waals surface area (Å²) < 4.78 is 10.7. The number of amides is 2. The maximum Gasteiger partial charge on any atom is 0.223 e. The number of anilines is 1. The quantitative estimate of drug-likeness (QED) is 0.721. The lowest BCUT2D eigenvalue weighted by Crippen LogP contribution is -2.34. The van der Waals surface area contributed by atoms with Gasteiger partial charge in [-0.3, -0.25) is 9.59 Å². The number of carbonyl (C=O) groups is 2. The van der Waals surface area contributed by atoms with Crippen LogP contribution >= 0.6 is 0 Å². The van der Waals surface area contributed by atoms with Gasteiger partial charge in [0.2, 0.25) is 11.8 Å². The summed E-state index contributed by atoms with van der Waals surface area (Å²) in [5, 5.41) is 2.90.